The molecule has 3 nitrogen and oxygen atoms in total. The van der Waals surface area contributed by atoms with Gasteiger partial charge in [-0.1, -0.05) is 24.6 Å². The minimum absolute atomic E-state index is 0.0767. The predicted octanol–water partition coefficient (Wildman–Crippen LogP) is 3.94. The third kappa shape index (κ3) is 5.03. The maximum atomic E-state index is 9.00. The Kier molecular flexibility index (Phi) is 6.32. The first-order valence-electron chi connectivity index (χ1n) is 6.96. The summed E-state index contributed by atoms with van der Waals surface area (Å²) >= 11 is 6.24. The number of nitrogens with two attached hydrogens (primary N) is 1. The summed E-state index contributed by atoms with van der Waals surface area (Å²) in [6, 6.07) is 7.97. The second kappa shape index (κ2) is 7.52. The van der Waals surface area contributed by atoms with E-state index in [2.05, 4.69) is 13.0 Å². The van der Waals surface area contributed by atoms with Gasteiger partial charge in [0.2, 0.25) is 0 Å². The van der Waals surface area contributed by atoms with Gasteiger partial charge in [-0.2, -0.15) is 5.26 Å². The van der Waals surface area contributed by atoms with Crippen LogP contribution in [-0.2, 0) is 6.42 Å². The second-order valence-corrected chi connectivity index (χ2v) is 6.09. The molecule has 110 valence electrons. The van der Waals surface area contributed by atoms with Crippen LogP contribution < -0.4 is 10.5 Å². The molecule has 0 saturated heterocycles. The van der Waals surface area contributed by atoms with Gasteiger partial charge in [-0.15, -0.1) is 0 Å². The Morgan fingerprint density at radius 3 is 2.75 bits per heavy atom. The van der Waals surface area contributed by atoms with Gasteiger partial charge in [0.05, 0.1) is 18.1 Å². The Bertz CT molecular complexity index is 480. The highest BCUT2D eigenvalue weighted by Gasteiger charge is 2.17. The Labute approximate surface area is 126 Å². The fourth-order valence-corrected chi connectivity index (χ4v) is 1.99. The molecule has 0 aliphatic rings. The first-order chi connectivity index (χ1) is 9.39. The van der Waals surface area contributed by atoms with Gasteiger partial charge in [0.1, 0.15) is 5.75 Å². The van der Waals surface area contributed by atoms with Crippen LogP contribution in [0.15, 0.2) is 18.2 Å². The summed E-state index contributed by atoms with van der Waals surface area (Å²) in [4.78, 5) is 0. The molecule has 1 unspecified atom stereocenters. The van der Waals surface area contributed by atoms with E-state index in [-0.39, 0.29) is 11.5 Å². The third-order valence-corrected chi connectivity index (χ3v) is 3.71. The summed E-state index contributed by atoms with van der Waals surface area (Å²) in [7, 11) is 0. The Hall–Kier alpha value is -1.24. The lowest BCUT2D eigenvalue weighted by atomic mass is 9.92. The zero-order valence-electron chi connectivity index (χ0n) is 12.4. The minimum Gasteiger partial charge on any atom is -0.493 e. The number of nitriles is 1. The zero-order chi connectivity index (χ0) is 15.2. The van der Waals surface area contributed by atoms with Crippen LogP contribution in [-0.4, -0.2) is 12.6 Å². The quantitative estimate of drug-likeness (QED) is 0.828. The van der Waals surface area contributed by atoms with Crippen molar-refractivity contribution >= 4 is 11.6 Å². The number of hydrogen-bond acceptors (Lipinski definition) is 3. The van der Waals surface area contributed by atoms with Crippen LogP contribution in [0.1, 0.15) is 39.2 Å². The molecule has 0 spiro atoms. The molecule has 0 aromatic heterocycles. The molecule has 0 bridgehead atoms. The van der Waals surface area contributed by atoms with Crippen molar-refractivity contribution in [1.29, 1.82) is 5.26 Å². The lowest BCUT2D eigenvalue weighted by Gasteiger charge is -2.18. The molecule has 20 heavy (non-hydrogen) atoms. The lowest BCUT2D eigenvalue weighted by Crippen LogP contribution is -2.22. The van der Waals surface area contributed by atoms with E-state index >= 15 is 0 Å². The van der Waals surface area contributed by atoms with Gasteiger partial charge < -0.3 is 10.5 Å². The smallest absolute Gasteiger partial charge is 0.124 e. The Morgan fingerprint density at radius 2 is 2.15 bits per heavy atom. The number of rotatable bonds is 7. The summed E-state index contributed by atoms with van der Waals surface area (Å²) in [5, 5.41) is 9.68. The van der Waals surface area contributed by atoms with Crippen molar-refractivity contribution in [1.82, 2.24) is 0 Å². The van der Waals surface area contributed by atoms with Crippen LogP contribution in [0.25, 0.3) is 0 Å². The van der Waals surface area contributed by atoms with Crippen molar-refractivity contribution in [2.24, 2.45) is 11.1 Å². The molecule has 0 radical (unpaired) electrons. The molecular formula is C16H23ClN2O. The summed E-state index contributed by atoms with van der Waals surface area (Å²) in [5.74, 6) is 0.773. The third-order valence-electron chi connectivity index (χ3n) is 3.35. The molecule has 2 N–H and O–H groups in total. The molecule has 1 aromatic rings. The molecule has 0 saturated carbocycles. The Morgan fingerprint density at radius 1 is 1.45 bits per heavy atom. The average molecular weight is 295 g/mol. The van der Waals surface area contributed by atoms with Gasteiger partial charge in [0.25, 0.3) is 0 Å². The average Bonchev–Trinajstić information content (AvgIpc) is 2.42. The van der Waals surface area contributed by atoms with Crippen LogP contribution in [0.2, 0.25) is 5.02 Å². The number of ether oxygens (including phenoxy) is 1. The molecule has 0 heterocycles. The van der Waals surface area contributed by atoms with Crippen molar-refractivity contribution < 1.29 is 4.74 Å². The predicted molar refractivity (Wildman–Crippen MR) is 82.9 cm³/mol. The lowest BCUT2D eigenvalue weighted by molar-refractivity contribution is 0.262. The van der Waals surface area contributed by atoms with E-state index in [0.717, 1.165) is 17.7 Å². The first kappa shape index (κ1) is 16.8. The van der Waals surface area contributed by atoms with E-state index in [4.69, 9.17) is 27.3 Å². The van der Waals surface area contributed by atoms with E-state index in [1.807, 2.05) is 32.0 Å². The van der Waals surface area contributed by atoms with Crippen molar-refractivity contribution in [3.63, 3.8) is 0 Å². The van der Waals surface area contributed by atoms with E-state index in [1.165, 1.54) is 0 Å². The van der Waals surface area contributed by atoms with Gasteiger partial charge in [0.15, 0.2) is 0 Å². The van der Waals surface area contributed by atoms with Crippen LogP contribution in [0.3, 0.4) is 0 Å². The molecule has 1 aromatic carbocycles. The zero-order valence-corrected chi connectivity index (χ0v) is 13.2. The summed E-state index contributed by atoms with van der Waals surface area (Å²) in [6.45, 7) is 6.36. The SMILES string of the molecule is CCC(N)Cc1c(Cl)cccc1OCCC(C)(C)C#N. The molecule has 4 heteroatoms. The highest BCUT2D eigenvalue weighted by atomic mass is 35.5. The minimum atomic E-state index is -0.376. The summed E-state index contributed by atoms with van der Waals surface area (Å²) in [5.41, 5.74) is 6.59. The second-order valence-electron chi connectivity index (χ2n) is 5.68. The highest BCUT2D eigenvalue weighted by Crippen LogP contribution is 2.29. The van der Waals surface area contributed by atoms with E-state index in [1.54, 1.807) is 0 Å². The van der Waals surface area contributed by atoms with Gasteiger partial charge in [-0.25, -0.2) is 0 Å². The normalized spacial score (nSPS) is 12.8. The monoisotopic (exact) mass is 294 g/mol. The standard InChI is InChI=1S/C16H23ClN2O/c1-4-12(19)10-13-14(17)6-5-7-15(13)20-9-8-16(2,3)11-18/h5-7,12H,4,8-10,19H2,1-3H3. The van der Waals surface area contributed by atoms with Crippen LogP contribution in [0, 0.1) is 16.7 Å². The van der Waals surface area contributed by atoms with Gasteiger partial charge in [-0.3, -0.25) is 0 Å². The first-order valence-corrected chi connectivity index (χ1v) is 7.34. The maximum absolute atomic E-state index is 9.00. The van der Waals surface area contributed by atoms with E-state index < -0.39 is 0 Å². The fraction of sp³-hybridized carbons (Fsp3) is 0.562. The van der Waals surface area contributed by atoms with Gasteiger partial charge in [0, 0.05) is 16.6 Å². The van der Waals surface area contributed by atoms with Crippen molar-refractivity contribution in [2.45, 2.75) is 46.1 Å². The van der Waals surface area contributed by atoms with Crippen LogP contribution in [0.4, 0.5) is 0 Å². The van der Waals surface area contributed by atoms with Gasteiger partial charge in [-0.05, 0) is 45.2 Å². The molecular weight excluding hydrogens is 272 g/mol. The molecule has 0 aliphatic carbocycles. The summed E-state index contributed by atoms with van der Waals surface area (Å²) in [6.07, 6.45) is 2.27. The van der Waals surface area contributed by atoms with Crippen LogP contribution >= 0.6 is 11.6 Å². The number of benzene rings is 1. The molecule has 0 amide bonds. The fourth-order valence-electron chi connectivity index (χ4n) is 1.75. The van der Waals surface area contributed by atoms with Crippen molar-refractivity contribution in [3.05, 3.63) is 28.8 Å². The molecule has 1 atom stereocenters. The number of hydrogen-bond donors (Lipinski definition) is 1. The largest absolute Gasteiger partial charge is 0.493 e. The Balaban J connectivity index is 2.75. The number of nitrogens with zero attached hydrogens (tertiary/aromatic N) is 1. The van der Waals surface area contributed by atoms with Gasteiger partial charge >= 0.3 is 0 Å². The van der Waals surface area contributed by atoms with Crippen LogP contribution in [0.5, 0.6) is 5.75 Å². The van der Waals surface area contributed by atoms with Crippen molar-refractivity contribution in [2.75, 3.05) is 6.61 Å². The topological polar surface area (TPSA) is 59.0 Å². The maximum Gasteiger partial charge on any atom is 0.124 e. The molecule has 0 aliphatic heterocycles. The molecule has 0 fully saturated rings. The van der Waals surface area contributed by atoms with Crippen molar-refractivity contribution in [3.8, 4) is 11.8 Å². The summed E-state index contributed by atoms with van der Waals surface area (Å²) < 4.78 is 5.81. The number of halogens is 1. The van der Waals surface area contributed by atoms with E-state index in [0.29, 0.717) is 24.5 Å². The van der Waals surface area contributed by atoms with E-state index in [9.17, 15) is 0 Å². The molecule has 1 rings (SSSR count). The highest BCUT2D eigenvalue weighted by molar-refractivity contribution is 6.31.